The minimum atomic E-state index is -0.394. The number of hydrogen-bond donors (Lipinski definition) is 1. The molecule has 0 aliphatic carbocycles. The van der Waals surface area contributed by atoms with Crippen LogP contribution in [0.15, 0.2) is 40.9 Å². The third-order valence-electron chi connectivity index (χ3n) is 2.86. The fraction of sp³-hybridized carbons (Fsp3) is 0.200. The predicted octanol–water partition coefficient (Wildman–Crippen LogP) is 4.54. The Labute approximate surface area is 131 Å². The molecule has 0 radical (unpaired) electrons. The molecular weight excluding hydrogens is 345 g/mol. The lowest BCUT2D eigenvalue weighted by Gasteiger charge is -2.08. The molecule has 2 aromatic rings. The van der Waals surface area contributed by atoms with Crippen molar-refractivity contribution in [1.82, 2.24) is 5.32 Å². The maximum absolute atomic E-state index is 13.0. The SMILES string of the molecule is COc1ccc(CNCc2ccc(F)c(Cl)c2)cc1Br. The molecule has 0 atom stereocenters. The van der Waals surface area contributed by atoms with E-state index >= 15 is 0 Å². The lowest BCUT2D eigenvalue weighted by Crippen LogP contribution is -2.12. The van der Waals surface area contributed by atoms with Crippen molar-refractivity contribution in [2.45, 2.75) is 13.1 Å². The van der Waals surface area contributed by atoms with Gasteiger partial charge >= 0.3 is 0 Å². The van der Waals surface area contributed by atoms with Crippen LogP contribution in [0.2, 0.25) is 5.02 Å². The number of hydrogen-bond acceptors (Lipinski definition) is 2. The second kappa shape index (κ2) is 7.07. The van der Waals surface area contributed by atoms with E-state index in [0.29, 0.717) is 13.1 Å². The van der Waals surface area contributed by atoms with E-state index in [1.54, 1.807) is 19.2 Å². The molecule has 0 amide bonds. The van der Waals surface area contributed by atoms with E-state index in [1.165, 1.54) is 6.07 Å². The van der Waals surface area contributed by atoms with Crippen LogP contribution in [0.5, 0.6) is 5.75 Å². The molecule has 2 nitrogen and oxygen atoms in total. The van der Waals surface area contributed by atoms with E-state index < -0.39 is 5.82 Å². The van der Waals surface area contributed by atoms with Gasteiger partial charge in [-0.25, -0.2) is 4.39 Å². The van der Waals surface area contributed by atoms with Gasteiger partial charge in [-0.3, -0.25) is 0 Å². The van der Waals surface area contributed by atoms with Crippen LogP contribution >= 0.6 is 27.5 Å². The molecule has 5 heteroatoms. The summed E-state index contributed by atoms with van der Waals surface area (Å²) >= 11 is 9.19. The number of ether oxygens (including phenoxy) is 1. The lowest BCUT2D eigenvalue weighted by atomic mass is 10.2. The second-order valence-electron chi connectivity index (χ2n) is 4.32. The zero-order valence-corrected chi connectivity index (χ0v) is 13.3. The molecule has 0 aromatic heterocycles. The first-order valence-corrected chi connectivity index (χ1v) is 7.24. The molecule has 0 bridgehead atoms. The van der Waals surface area contributed by atoms with Crippen molar-refractivity contribution in [1.29, 1.82) is 0 Å². The van der Waals surface area contributed by atoms with Crippen LogP contribution in [-0.4, -0.2) is 7.11 Å². The number of methoxy groups -OCH3 is 1. The van der Waals surface area contributed by atoms with E-state index in [0.717, 1.165) is 21.3 Å². The number of rotatable bonds is 5. The van der Waals surface area contributed by atoms with Gasteiger partial charge in [-0.2, -0.15) is 0 Å². The van der Waals surface area contributed by atoms with Crippen molar-refractivity contribution < 1.29 is 9.13 Å². The summed E-state index contributed by atoms with van der Waals surface area (Å²) in [6.45, 7) is 1.33. The molecule has 0 aliphatic heterocycles. The summed E-state index contributed by atoms with van der Waals surface area (Å²) in [5.41, 5.74) is 2.08. The molecule has 1 N–H and O–H groups in total. The molecule has 106 valence electrons. The molecule has 0 heterocycles. The summed E-state index contributed by atoms with van der Waals surface area (Å²) < 4.78 is 19.1. The van der Waals surface area contributed by atoms with Crippen LogP contribution in [0.4, 0.5) is 4.39 Å². The third-order valence-corrected chi connectivity index (χ3v) is 3.77. The summed E-state index contributed by atoms with van der Waals surface area (Å²) in [5, 5.41) is 3.44. The zero-order chi connectivity index (χ0) is 14.5. The van der Waals surface area contributed by atoms with Gasteiger partial charge in [0.25, 0.3) is 0 Å². The van der Waals surface area contributed by atoms with Crippen LogP contribution in [0.25, 0.3) is 0 Å². The van der Waals surface area contributed by atoms with Crippen LogP contribution in [0, 0.1) is 5.82 Å². The second-order valence-corrected chi connectivity index (χ2v) is 5.58. The van der Waals surface area contributed by atoms with Gasteiger partial charge in [0.1, 0.15) is 11.6 Å². The largest absolute Gasteiger partial charge is 0.496 e. The normalized spacial score (nSPS) is 10.6. The highest BCUT2D eigenvalue weighted by atomic mass is 79.9. The van der Waals surface area contributed by atoms with Crippen molar-refractivity contribution in [3.05, 3.63) is 62.8 Å². The Morgan fingerprint density at radius 3 is 2.40 bits per heavy atom. The Balaban J connectivity index is 1.92. The highest BCUT2D eigenvalue weighted by molar-refractivity contribution is 9.10. The monoisotopic (exact) mass is 357 g/mol. The Hall–Kier alpha value is -1.10. The van der Waals surface area contributed by atoms with Gasteiger partial charge in [0, 0.05) is 13.1 Å². The van der Waals surface area contributed by atoms with E-state index in [1.807, 2.05) is 18.2 Å². The topological polar surface area (TPSA) is 21.3 Å². The lowest BCUT2D eigenvalue weighted by molar-refractivity contribution is 0.412. The van der Waals surface area contributed by atoms with Crippen molar-refractivity contribution in [3.63, 3.8) is 0 Å². The first-order valence-electron chi connectivity index (χ1n) is 6.07. The average Bonchev–Trinajstić information content (AvgIpc) is 2.43. The van der Waals surface area contributed by atoms with Gasteiger partial charge in [-0.1, -0.05) is 23.7 Å². The molecule has 2 rings (SSSR count). The Morgan fingerprint density at radius 2 is 1.80 bits per heavy atom. The molecule has 2 aromatic carbocycles. The summed E-state index contributed by atoms with van der Waals surface area (Å²) in [5.74, 6) is 0.411. The summed E-state index contributed by atoms with van der Waals surface area (Å²) in [6, 6.07) is 10.6. The fourth-order valence-corrected chi connectivity index (χ4v) is 2.61. The number of benzene rings is 2. The summed E-state index contributed by atoms with van der Waals surface area (Å²) in [4.78, 5) is 0. The molecular formula is C15H14BrClFNO. The molecule has 0 saturated heterocycles. The minimum absolute atomic E-state index is 0.150. The van der Waals surface area contributed by atoms with Gasteiger partial charge in [-0.15, -0.1) is 0 Å². The van der Waals surface area contributed by atoms with Crippen molar-refractivity contribution >= 4 is 27.5 Å². The molecule has 20 heavy (non-hydrogen) atoms. The van der Waals surface area contributed by atoms with E-state index in [-0.39, 0.29) is 5.02 Å². The van der Waals surface area contributed by atoms with Crippen molar-refractivity contribution in [3.8, 4) is 5.75 Å². The summed E-state index contributed by atoms with van der Waals surface area (Å²) in [6.07, 6.45) is 0. The highest BCUT2D eigenvalue weighted by Crippen LogP contribution is 2.25. The standard InChI is InChI=1S/C15H14BrClFNO/c1-20-15-5-3-10(6-12(15)16)8-19-9-11-2-4-14(18)13(17)7-11/h2-7,19H,8-9H2,1H3. The molecule has 0 fully saturated rings. The van der Waals surface area contributed by atoms with Gasteiger partial charge < -0.3 is 10.1 Å². The van der Waals surface area contributed by atoms with E-state index in [2.05, 4.69) is 21.2 Å². The van der Waals surface area contributed by atoms with Crippen LogP contribution in [0.3, 0.4) is 0 Å². The van der Waals surface area contributed by atoms with Gasteiger partial charge in [0.15, 0.2) is 0 Å². The quantitative estimate of drug-likeness (QED) is 0.847. The number of nitrogens with one attached hydrogen (secondary N) is 1. The van der Waals surface area contributed by atoms with Gasteiger partial charge in [0.05, 0.1) is 16.6 Å². The number of halogens is 3. The smallest absolute Gasteiger partial charge is 0.141 e. The minimum Gasteiger partial charge on any atom is -0.496 e. The zero-order valence-electron chi connectivity index (χ0n) is 10.9. The summed E-state index contributed by atoms with van der Waals surface area (Å²) in [7, 11) is 1.64. The van der Waals surface area contributed by atoms with Crippen LogP contribution in [0.1, 0.15) is 11.1 Å². The van der Waals surface area contributed by atoms with E-state index in [9.17, 15) is 4.39 Å². The molecule has 0 unspecified atom stereocenters. The average molecular weight is 359 g/mol. The maximum atomic E-state index is 13.0. The first kappa shape index (κ1) is 15.3. The highest BCUT2D eigenvalue weighted by Gasteiger charge is 2.03. The van der Waals surface area contributed by atoms with Crippen LogP contribution in [-0.2, 0) is 13.1 Å². The van der Waals surface area contributed by atoms with E-state index in [4.69, 9.17) is 16.3 Å². The Morgan fingerprint density at radius 1 is 1.15 bits per heavy atom. The van der Waals surface area contributed by atoms with Gasteiger partial charge in [-0.05, 0) is 51.3 Å². The van der Waals surface area contributed by atoms with Crippen LogP contribution < -0.4 is 10.1 Å². The Kier molecular flexibility index (Phi) is 5.40. The fourth-order valence-electron chi connectivity index (χ4n) is 1.82. The Bertz CT molecular complexity index is 606. The van der Waals surface area contributed by atoms with Crippen molar-refractivity contribution in [2.24, 2.45) is 0 Å². The third kappa shape index (κ3) is 3.95. The molecule has 0 spiro atoms. The molecule has 0 saturated carbocycles. The van der Waals surface area contributed by atoms with Crippen molar-refractivity contribution in [2.75, 3.05) is 7.11 Å². The molecule has 0 aliphatic rings. The van der Waals surface area contributed by atoms with Gasteiger partial charge in [0.2, 0.25) is 0 Å². The predicted molar refractivity (Wildman–Crippen MR) is 82.6 cm³/mol. The maximum Gasteiger partial charge on any atom is 0.141 e. The first-order chi connectivity index (χ1) is 9.60.